The standard InChI is InChI=1S/C19H35N3O2/c1-14-7-6-10-16(11-14)24-13-19(12-15-8-4-3-5-9-15)17(23)22(2)18(20)21-19/h14-16,18,21H,3-13,20H2,1-2H3. The van der Waals surface area contributed by atoms with Crippen LogP contribution in [0.4, 0.5) is 0 Å². The highest BCUT2D eigenvalue weighted by molar-refractivity contribution is 5.88. The van der Waals surface area contributed by atoms with E-state index in [1.165, 1.54) is 44.9 Å². The highest BCUT2D eigenvalue weighted by Gasteiger charge is 2.50. The molecule has 1 amide bonds. The molecule has 4 unspecified atom stereocenters. The Morgan fingerprint density at radius 2 is 1.96 bits per heavy atom. The van der Waals surface area contributed by atoms with Crippen LogP contribution in [0.1, 0.15) is 71.1 Å². The van der Waals surface area contributed by atoms with Crippen molar-refractivity contribution >= 4 is 5.91 Å². The molecule has 0 spiro atoms. The number of nitrogens with two attached hydrogens (primary N) is 1. The molecule has 1 saturated heterocycles. The molecule has 5 nitrogen and oxygen atoms in total. The van der Waals surface area contributed by atoms with E-state index in [1.54, 1.807) is 11.9 Å². The number of amides is 1. The van der Waals surface area contributed by atoms with Crippen LogP contribution >= 0.6 is 0 Å². The maximum absolute atomic E-state index is 13.0. The second-order valence-electron chi connectivity index (χ2n) is 8.50. The molecule has 3 fully saturated rings. The monoisotopic (exact) mass is 337 g/mol. The molecule has 5 heteroatoms. The maximum atomic E-state index is 13.0. The van der Waals surface area contributed by atoms with Crippen molar-refractivity contribution in [3.8, 4) is 0 Å². The quantitative estimate of drug-likeness (QED) is 0.809. The summed E-state index contributed by atoms with van der Waals surface area (Å²) in [6.45, 7) is 2.77. The third kappa shape index (κ3) is 3.94. The van der Waals surface area contributed by atoms with E-state index in [0.29, 0.717) is 18.6 Å². The average Bonchev–Trinajstić information content (AvgIpc) is 2.78. The van der Waals surface area contributed by atoms with Crippen molar-refractivity contribution in [2.45, 2.75) is 89.1 Å². The summed E-state index contributed by atoms with van der Waals surface area (Å²) >= 11 is 0. The highest BCUT2D eigenvalue weighted by atomic mass is 16.5. The Hall–Kier alpha value is -0.650. The average molecular weight is 338 g/mol. The van der Waals surface area contributed by atoms with Crippen LogP contribution in [0.2, 0.25) is 0 Å². The lowest BCUT2D eigenvalue weighted by Crippen LogP contribution is -2.54. The smallest absolute Gasteiger partial charge is 0.247 e. The number of nitrogens with zero attached hydrogens (tertiary/aromatic N) is 1. The van der Waals surface area contributed by atoms with Gasteiger partial charge >= 0.3 is 0 Å². The minimum absolute atomic E-state index is 0.115. The van der Waals surface area contributed by atoms with Crippen LogP contribution in [-0.4, -0.2) is 42.4 Å². The van der Waals surface area contributed by atoms with Crippen molar-refractivity contribution in [3.05, 3.63) is 0 Å². The molecule has 2 saturated carbocycles. The Morgan fingerprint density at radius 3 is 2.58 bits per heavy atom. The first-order valence-corrected chi connectivity index (χ1v) is 9.92. The van der Waals surface area contributed by atoms with Crippen LogP contribution in [-0.2, 0) is 9.53 Å². The summed E-state index contributed by atoms with van der Waals surface area (Å²) < 4.78 is 6.28. The first-order chi connectivity index (χ1) is 11.5. The number of ether oxygens (including phenoxy) is 1. The summed E-state index contributed by atoms with van der Waals surface area (Å²) in [6, 6.07) is 0. The molecule has 0 radical (unpaired) electrons. The maximum Gasteiger partial charge on any atom is 0.247 e. The molecule has 24 heavy (non-hydrogen) atoms. The molecule has 0 aromatic heterocycles. The fraction of sp³-hybridized carbons (Fsp3) is 0.947. The predicted molar refractivity (Wildman–Crippen MR) is 95.2 cm³/mol. The Labute approximate surface area is 146 Å². The number of nitrogens with one attached hydrogen (secondary N) is 1. The Morgan fingerprint density at radius 1 is 1.21 bits per heavy atom. The van der Waals surface area contributed by atoms with Gasteiger partial charge in [-0.2, -0.15) is 0 Å². The minimum Gasteiger partial charge on any atom is -0.376 e. The number of carbonyl (C=O) groups excluding carboxylic acids is 1. The Balaban J connectivity index is 1.66. The first-order valence-electron chi connectivity index (χ1n) is 9.92. The van der Waals surface area contributed by atoms with Gasteiger partial charge in [0.25, 0.3) is 0 Å². The topological polar surface area (TPSA) is 67.6 Å². The van der Waals surface area contributed by atoms with Crippen molar-refractivity contribution in [2.75, 3.05) is 13.7 Å². The second kappa shape index (κ2) is 7.71. The minimum atomic E-state index is -0.614. The molecule has 1 heterocycles. The molecule has 3 rings (SSSR count). The van der Waals surface area contributed by atoms with E-state index >= 15 is 0 Å². The van der Waals surface area contributed by atoms with Gasteiger partial charge in [0, 0.05) is 7.05 Å². The summed E-state index contributed by atoms with van der Waals surface area (Å²) in [5.74, 6) is 1.46. The van der Waals surface area contributed by atoms with Gasteiger partial charge in [-0.1, -0.05) is 51.9 Å². The molecule has 0 aromatic carbocycles. The van der Waals surface area contributed by atoms with Crippen molar-refractivity contribution in [1.29, 1.82) is 0 Å². The Kier molecular flexibility index (Phi) is 5.83. The predicted octanol–water partition coefficient (Wildman–Crippen LogP) is 2.59. The summed E-state index contributed by atoms with van der Waals surface area (Å²) in [5.41, 5.74) is 5.50. The highest BCUT2D eigenvalue weighted by Crippen LogP contribution is 2.35. The molecule has 0 bridgehead atoms. The molecule has 3 aliphatic rings. The van der Waals surface area contributed by atoms with E-state index < -0.39 is 11.8 Å². The van der Waals surface area contributed by atoms with Gasteiger partial charge in [0.1, 0.15) is 11.8 Å². The van der Waals surface area contributed by atoms with Crippen LogP contribution in [0, 0.1) is 11.8 Å². The third-order valence-corrected chi connectivity index (χ3v) is 6.39. The molecule has 0 aromatic rings. The zero-order valence-electron chi connectivity index (χ0n) is 15.4. The normalized spacial score (nSPS) is 38.7. The van der Waals surface area contributed by atoms with Gasteiger partial charge in [-0.25, -0.2) is 0 Å². The summed E-state index contributed by atoms with van der Waals surface area (Å²) in [7, 11) is 1.80. The number of hydrogen-bond donors (Lipinski definition) is 2. The zero-order valence-corrected chi connectivity index (χ0v) is 15.4. The number of carbonyl (C=O) groups is 1. The Bertz CT molecular complexity index is 438. The van der Waals surface area contributed by atoms with Gasteiger partial charge in [-0.3, -0.25) is 15.8 Å². The molecule has 4 atom stereocenters. The lowest BCUT2D eigenvalue weighted by Gasteiger charge is -2.35. The van der Waals surface area contributed by atoms with Crippen LogP contribution < -0.4 is 11.1 Å². The number of likely N-dealkylation sites (N-methyl/N-ethyl adjacent to an activating group) is 1. The van der Waals surface area contributed by atoms with Gasteiger partial charge in [-0.15, -0.1) is 0 Å². The van der Waals surface area contributed by atoms with E-state index in [1.807, 2.05) is 0 Å². The van der Waals surface area contributed by atoms with Crippen molar-refractivity contribution in [2.24, 2.45) is 17.6 Å². The lowest BCUT2D eigenvalue weighted by atomic mass is 9.79. The third-order valence-electron chi connectivity index (χ3n) is 6.39. The largest absolute Gasteiger partial charge is 0.376 e. The lowest BCUT2D eigenvalue weighted by molar-refractivity contribution is -0.136. The van der Waals surface area contributed by atoms with Crippen molar-refractivity contribution in [3.63, 3.8) is 0 Å². The first kappa shape index (κ1) is 18.2. The van der Waals surface area contributed by atoms with E-state index in [0.717, 1.165) is 25.2 Å². The molecule has 2 aliphatic carbocycles. The van der Waals surface area contributed by atoms with E-state index in [2.05, 4.69) is 12.2 Å². The molecule has 1 aliphatic heterocycles. The van der Waals surface area contributed by atoms with Crippen LogP contribution in [0.3, 0.4) is 0 Å². The SMILES string of the molecule is CC1CCCC(OCC2(CC3CCCCC3)NC(N)N(C)C2=O)C1. The fourth-order valence-electron chi connectivity index (χ4n) is 4.89. The number of hydrogen-bond acceptors (Lipinski definition) is 4. The van der Waals surface area contributed by atoms with E-state index in [9.17, 15) is 4.79 Å². The van der Waals surface area contributed by atoms with Crippen LogP contribution in [0.15, 0.2) is 0 Å². The zero-order chi connectivity index (χ0) is 17.2. The number of rotatable bonds is 5. The van der Waals surface area contributed by atoms with Gasteiger partial charge in [0.15, 0.2) is 0 Å². The van der Waals surface area contributed by atoms with Gasteiger partial charge in [0.2, 0.25) is 5.91 Å². The van der Waals surface area contributed by atoms with Gasteiger partial charge < -0.3 is 9.64 Å². The van der Waals surface area contributed by atoms with E-state index in [4.69, 9.17) is 10.5 Å². The summed E-state index contributed by atoms with van der Waals surface area (Å²) in [6.07, 6.45) is 11.9. The molecule has 138 valence electrons. The fourth-order valence-corrected chi connectivity index (χ4v) is 4.89. The molecular formula is C19H35N3O2. The summed E-state index contributed by atoms with van der Waals surface area (Å²) in [4.78, 5) is 14.6. The van der Waals surface area contributed by atoms with Crippen molar-refractivity contribution in [1.82, 2.24) is 10.2 Å². The van der Waals surface area contributed by atoms with Crippen molar-refractivity contribution < 1.29 is 9.53 Å². The van der Waals surface area contributed by atoms with Crippen LogP contribution in [0.25, 0.3) is 0 Å². The van der Waals surface area contributed by atoms with Gasteiger partial charge in [-0.05, 0) is 31.1 Å². The van der Waals surface area contributed by atoms with Crippen LogP contribution in [0.5, 0.6) is 0 Å². The van der Waals surface area contributed by atoms with Gasteiger partial charge in [0.05, 0.1) is 12.7 Å². The molecule has 3 N–H and O–H groups in total. The molecular weight excluding hydrogens is 302 g/mol. The van der Waals surface area contributed by atoms with E-state index in [-0.39, 0.29) is 5.91 Å². The second-order valence-corrected chi connectivity index (χ2v) is 8.50. The summed E-state index contributed by atoms with van der Waals surface area (Å²) in [5, 5.41) is 3.39.